The van der Waals surface area contributed by atoms with E-state index >= 15 is 0 Å². The molecule has 19 heavy (non-hydrogen) atoms. The standard InChI is InChI=1S/C14H10O5/c15-9-1-7(2-10(16)5-9)13-4-8-3-11(17)12(18)6-14(8)19-13/h1-6,15-18H. The largest absolute Gasteiger partial charge is 0.508 e. The molecule has 0 saturated carbocycles. The fourth-order valence-electron chi connectivity index (χ4n) is 1.94. The maximum Gasteiger partial charge on any atom is 0.161 e. The van der Waals surface area contributed by atoms with Crippen molar-refractivity contribution in [1.82, 2.24) is 0 Å². The molecule has 1 heterocycles. The third-order valence-corrected chi connectivity index (χ3v) is 2.80. The SMILES string of the molecule is Oc1cc(O)cc(-c2cc3cc(O)c(O)cc3o2)c1. The van der Waals surface area contributed by atoms with Crippen LogP contribution in [0.5, 0.6) is 23.0 Å². The van der Waals surface area contributed by atoms with Crippen molar-refractivity contribution in [1.29, 1.82) is 0 Å². The van der Waals surface area contributed by atoms with Crippen LogP contribution in [-0.2, 0) is 0 Å². The van der Waals surface area contributed by atoms with Crippen LogP contribution >= 0.6 is 0 Å². The van der Waals surface area contributed by atoms with Crippen LogP contribution in [-0.4, -0.2) is 20.4 Å². The average Bonchev–Trinajstić information content (AvgIpc) is 2.71. The first-order valence-electron chi connectivity index (χ1n) is 5.52. The van der Waals surface area contributed by atoms with E-state index in [4.69, 9.17) is 4.42 Å². The topological polar surface area (TPSA) is 94.1 Å². The van der Waals surface area contributed by atoms with E-state index in [2.05, 4.69) is 0 Å². The molecule has 1 aromatic heterocycles. The normalized spacial score (nSPS) is 10.9. The molecular weight excluding hydrogens is 248 g/mol. The summed E-state index contributed by atoms with van der Waals surface area (Å²) in [5.41, 5.74) is 0.890. The fraction of sp³-hybridized carbons (Fsp3) is 0. The van der Waals surface area contributed by atoms with Gasteiger partial charge in [0.25, 0.3) is 0 Å². The van der Waals surface area contributed by atoms with E-state index in [1.807, 2.05) is 0 Å². The number of benzene rings is 2. The maximum absolute atomic E-state index is 9.44. The summed E-state index contributed by atoms with van der Waals surface area (Å²) in [6.07, 6.45) is 0. The third-order valence-electron chi connectivity index (χ3n) is 2.80. The summed E-state index contributed by atoms with van der Waals surface area (Å²) in [5, 5.41) is 38.3. The minimum absolute atomic E-state index is 0.0823. The van der Waals surface area contributed by atoms with Crippen LogP contribution in [0.4, 0.5) is 0 Å². The van der Waals surface area contributed by atoms with Crippen molar-refractivity contribution in [2.75, 3.05) is 0 Å². The Morgan fingerprint density at radius 3 is 2.00 bits per heavy atom. The number of furan rings is 1. The van der Waals surface area contributed by atoms with Crippen molar-refractivity contribution < 1.29 is 24.8 Å². The third kappa shape index (κ3) is 1.91. The van der Waals surface area contributed by atoms with Crippen molar-refractivity contribution in [2.45, 2.75) is 0 Å². The molecule has 0 spiro atoms. The Kier molecular flexibility index (Phi) is 2.28. The zero-order valence-electron chi connectivity index (χ0n) is 9.66. The van der Waals surface area contributed by atoms with Crippen LogP contribution in [0.1, 0.15) is 0 Å². The van der Waals surface area contributed by atoms with Crippen molar-refractivity contribution in [3.63, 3.8) is 0 Å². The van der Waals surface area contributed by atoms with Gasteiger partial charge in [-0.1, -0.05) is 0 Å². The van der Waals surface area contributed by atoms with Crippen LogP contribution in [0.15, 0.2) is 40.8 Å². The molecule has 3 aromatic rings. The molecule has 96 valence electrons. The van der Waals surface area contributed by atoms with Gasteiger partial charge in [-0.3, -0.25) is 0 Å². The van der Waals surface area contributed by atoms with Crippen molar-refractivity contribution in [2.24, 2.45) is 0 Å². The highest BCUT2D eigenvalue weighted by molar-refractivity contribution is 5.86. The van der Waals surface area contributed by atoms with Crippen LogP contribution in [0.2, 0.25) is 0 Å². The first-order chi connectivity index (χ1) is 9.02. The molecule has 0 aliphatic carbocycles. The second-order valence-electron chi connectivity index (χ2n) is 4.23. The highest BCUT2D eigenvalue weighted by atomic mass is 16.3. The lowest BCUT2D eigenvalue weighted by atomic mass is 10.1. The van der Waals surface area contributed by atoms with E-state index < -0.39 is 0 Å². The van der Waals surface area contributed by atoms with E-state index in [-0.39, 0.29) is 23.0 Å². The Hall–Kier alpha value is -2.82. The lowest BCUT2D eigenvalue weighted by molar-refractivity contribution is 0.404. The second-order valence-corrected chi connectivity index (χ2v) is 4.23. The number of hydrogen-bond acceptors (Lipinski definition) is 5. The minimum Gasteiger partial charge on any atom is -0.508 e. The van der Waals surface area contributed by atoms with Crippen molar-refractivity contribution in [3.05, 3.63) is 36.4 Å². The van der Waals surface area contributed by atoms with E-state index in [9.17, 15) is 20.4 Å². The van der Waals surface area contributed by atoms with Gasteiger partial charge in [0.1, 0.15) is 22.8 Å². The van der Waals surface area contributed by atoms with Crippen LogP contribution in [0.25, 0.3) is 22.3 Å². The molecule has 0 aliphatic rings. The van der Waals surface area contributed by atoms with Gasteiger partial charge in [0.15, 0.2) is 11.5 Å². The average molecular weight is 258 g/mol. The highest BCUT2D eigenvalue weighted by Gasteiger charge is 2.11. The Morgan fingerprint density at radius 1 is 0.684 bits per heavy atom. The van der Waals surface area contributed by atoms with Gasteiger partial charge in [-0.25, -0.2) is 0 Å². The quantitative estimate of drug-likeness (QED) is 0.503. The monoisotopic (exact) mass is 258 g/mol. The summed E-state index contributed by atoms with van der Waals surface area (Å²) in [6.45, 7) is 0. The molecule has 5 heteroatoms. The number of phenolic OH excluding ortho intramolecular Hbond substituents is 4. The molecule has 0 unspecified atom stereocenters. The lowest BCUT2D eigenvalue weighted by Crippen LogP contribution is -1.74. The number of aromatic hydroxyl groups is 4. The zero-order valence-corrected chi connectivity index (χ0v) is 9.66. The van der Waals surface area contributed by atoms with Gasteiger partial charge in [0, 0.05) is 23.1 Å². The summed E-state index contributed by atoms with van der Waals surface area (Å²) in [6, 6.07) is 8.41. The molecule has 3 rings (SSSR count). The number of rotatable bonds is 1. The Bertz CT molecular complexity index is 714. The lowest BCUT2D eigenvalue weighted by Gasteiger charge is -1.99. The predicted molar refractivity (Wildman–Crippen MR) is 68.3 cm³/mol. The Morgan fingerprint density at radius 2 is 1.32 bits per heavy atom. The molecule has 4 N–H and O–H groups in total. The van der Waals surface area contributed by atoms with Crippen LogP contribution in [0.3, 0.4) is 0 Å². The van der Waals surface area contributed by atoms with Gasteiger partial charge in [-0.05, 0) is 24.3 Å². The molecule has 0 amide bonds. The van der Waals surface area contributed by atoms with Crippen LogP contribution in [0, 0.1) is 0 Å². The van der Waals surface area contributed by atoms with E-state index in [0.29, 0.717) is 22.3 Å². The van der Waals surface area contributed by atoms with Gasteiger partial charge < -0.3 is 24.8 Å². The Balaban J connectivity index is 2.20. The molecule has 5 nitrogen and oxygen atoms in total. The van der Waals surface area contributed by atoms with Gasteiger partial charge in [0.2, 0.25) is 0 Å². The van der Waals surface area contributed by atoms with Gasteiger partial charge in [0.05, 0.1) is 0 Å². The molecular formula is C14H10O5. The van der Waals surface area contributed by atoms with E-state index in [1.54, 1.807) is 6.07 Å². The first-order valence-corrected chi connectivity index (χ1v) is 5.52. The molecule has 0 fully saturated rings. The zero-order chi connectivity index (χ0) is 13.6. The first kappa shape index (κ1) is 11.3. The molecule has 2 aromatic carbocycles. The summed E-state index contributed by atoms with van der Waals surface area (Å²) >= 11 is 0. The summed E-state index contributed by atoms with van der Waals surface area (Å²) < 4.78 is 5.51. The van der Waals surface area contributed by atoms with Gasteiger partial charge in [-0.2, -0.15) is 0 Å². The summed E-state index contributed by atoms with van der Waals surface area (Å²) in [4.78, 5) is 0. The number of phenols is 4. The maximum atomic E-state index is 9.44. The molecule has 0 radical (unpaired) electrons. The number of hydrogen-bond donors (Lipinski definition) is 4. The second kappa shape index (κ2) is 3.84. The fourth-order valence-corrected chi connectivity index (χ4v) is 1.94. The molecule has 0 aliphatic heterocycles. The highest BCUT2D eigenvalue weighted by Crippen LogP contribution is 2.36. The molecule has 0 atom stereocenters. The molecule has 0 bridgehead atoms. The molecule has 0 saturated heterocycles. The van der Waals surface area contributed by atoms with Crippen molar-refractivity contribution >= 4 is 11.0 Å². The van der Waals surface area contributed by atoms with Gasteiger partial charge in [-0.15, -0.1) is 0 Å². The van der Waals surface area contributed by atoms with Crippen LogP contribution < -0.4 is 0 Å². The van der Waals surface area contributed by atoms with E-state index in [1.165, 1.54) is 30.3 Å². The minimum atomic E-state index is -0.271. The predicted octanol–water partition coefficient (Wildman–Crippen LogP) is 2.92. The smallest absolute Gasteiger partial charge is 0.161 e. The Labute approximate surface area is 107 Å². The number of fused-ring (bicyclic) bond motifs is 1. The van der Waals surface area contributed by atoms with Crippen molar-refractivity contribution in [3.8, 4) is 34.3 Å². The van der Waals surface area contributed by atoms with Gasteiger partial charge >= 0.3 is 0 Å². The summed E-state index contributed by atoms with van der Waals surface area (Å²) in [7, 11) is 0. The van der Waals surface area contributed by atoms with E-state index in [0.717, 1.165) is 0 Å². The summed E-state index contributed by atoms with van der Waals surface area (Å²) in [5.74, 6) is -0.265.